The molecule has 2 heterocycles. The van der Waals surface area contributed by atoms with Gasteiger partial charge in [0, 0.05) is 23.2 Å². The molecular formula is C25H21N3O4. The number of ether oxygens (including phenoxy) is 1. The Morgan fingerprint density at radius 2 is 1.69 bits per heavy atom. The number of hydrogen-bond donors (Lipinski definition) is 2. The molecule has 7 nitrogen and oxygen atoms in total. The van der Waals surface area contributed by atoms with Gasteiger partial charge in [0.05, 0.1) is 13.2 Å². The van der Waals surface area contributed by atoms with Crippen LogP contribution in [0.25, 0.3) is 0 Å². The molecule has 0 bridgehead atoms. The average molecular weight is 427 g/mol. The fourth-order valence-corrected chi connectivity index (χ4v) is 4.18. The number of anilines is 1. The lowest BCUT2D eigenvalue weighted by Crippen LogP contribution is -2.47. The Bertz CT molecular complexity index is 1190. The van der Waals surface area contributed by atoms with Gasteiger partial charge in [-0.2, -0.15) is 0 Å². The minimum Gasteiger partial charge on any atom is -0.493 e. The molecule has 3 aromatic rings. The highest BCUT2D eigenvalue weighted by Gasteiger charge is 2.54. The van der Waals surface area contributed by atoms with Crippen molar-refractivity contribution in [1.29, 1.82) is 0 Å². The maximum Gasteiger partial charge on any atom is 0.325 e. The van der Waals surface area contributed by atoms with Gasteiger partial charge in [0.1, 0.15) is 5.75 Å². The van der Waals surface area contributed by atoms with Crippen molar-refractivity contribution in [1.82, 2.24) is 10.2 Å². The lowest BCUT2D eigenvalue weighted by atomic mass is 9.84. The van der Waals surface area contributed by atoms with Crippen molar-refractivity contribution in [2.24, 2.45) is 0 Å². The zero-order chi connectivity index (χ0) is 22.1. The van der Waals surface area contributed by atoms with Crippen molar-refractivity contribution in [3.63, 3.8) is 0 Å². The van der Waals surface area contributed by atoms with Crippen LogP contribution in [0, 0.1) is 0 Å². The number of rotatable bonds is 4. The standard InChI is InChI=1S/C25H21N3O4/c29-22(26-19-6-2-1-3-7-19)18-12-10-17(11-13-18)16-28-23(30)25(27-24(28)31)14-15-32-21-9-5-4-8-20(21)25/h1-13H,14-16H2,(H,26,29)(H,27,31)/t25-/m1/s1. The number of benzene rings is 3. The molecule has 1 fully saturated rings. The first-order valence-corrected chi connectivity index (χ1v) is 10.4. The molecule has 0 unspecified atom stereocenters. The van der Waals surface area contributed by atoms with Crippen LogP contribution in [0.2, 0.25) is 0 Å². The summed E-state index contributed by atoms with van der Waals surface area (Å²) >= 11 is 0. The van der Waals surface area contributed by atoms with Crippen molar-refractivity contribution >= 4 is 23.5 Å². The Hall–Kier alpha value is -4.13. The van der Waals surface area contributed by atoms with E-state index in [1.165, 1.54) is 4.90 Å². The molecule has 0 radical (unpaired) electrons. The van der Waals surface area contributed by atoms with E-state index in [1.807, 2.05) is 48.5 Å². The molecule has 1 atom stereocenters. The first kappa shape index (κ1) is 19.8. The van der Waals surface area contributed by atoms with Crippen LogP contribution in [0.5, 0.6) is 5.75 Å². The minimum atomic E-state index is -1.10. The number of nitrogens with zero attached hydrogens (tertiary/aromatic N) is 1. The summed E-state index contributed by atoms with van der Waals surface area (Å²) in [5, 5.41) is 5.73. The largest absolute Gasteiger partial charge is 0.493 e. The molecule has 0 saturated carbocycles. The van der Waals surface area contributed by atoms with E-state index in [2.05, 4.69) is 10.6 Å². The number of hydrogen-bond acceptors (Lipinski definition) is 4. The quantitative estimate of drug-likeness (QED) is 0.622. The Morgan fingerprint density at radius 1 is 0.969 bits per heavy atom. The summed E-state index contributed by atoms with van der Waals surface area (Å²) in [5.41, 5.74) is 1.54. The van der Waals surface area contributed by atoms with Crippen LogP contribution >= 0.6 is 0 Å². The molecular weight excluding hydrogens is 406 g/mol. The van der Waals surface area contributed by atoms with Crippen molar-refractivity contribution in [2.45, 2.75) is 18.5 Å². The van der Waals surface area contributed by atoms with E-state index in [-0.39, 0.29) is 18.4 Å². The van der Waals surface area contributed by atoms with E-state index in [9.17, 15) is 14.4 Å². The van der Waals surface area contributed by atoms with Crippen molar-refractivity contribution in [3.05, 3.63) is 95.6 Å². The van der Waals surface area contributed by atoms with Crippen molar-refractivity contribution in [3.8, 4) is 5.75 Å². The number of carbonyl (C=O) groups is 3. The van der Waals surface area contributed by atoms with Gasteiger partial charge in [0.15, 0.2) is 5.54 Å². The first-order chi connectivity index (χ1) is 15.6. The van der Waals surface area contributed by atoms with Crippen molar-refractivity contribution < 1.29 is 19.1 Å². The number of imide groups is 1. The molecule has 3 aromatic carbocycles. The molecule has 1 saturated heterocycles. The summed E-state index contributed by atoms with van der Waals surface area (Å²) in [4.78, 5) is 39.8. The smallest absolute Gasteiger partial charge is 0.325 e. The molecule has 0 aliphatic carbocycles. The maximum absolute atomic E-state index is 13.4. The zero-order valence-corrected chi connectivity index (χ0v) is 17.2. The van der Waals surface area contributed by atoms with E-state index in [0.717, 1.165) is 5.56 Å². The summed E-state index contributed by atoms with van der Waals surface area (Å²) in [7, 11) is 0. The second kappa shape index (κ2) is 7.85. The van der Waals surface area contributed by atoms with Crippen LogP contribution in [0.15, 0.2) is 78.9 Å². The van der Waals surface area contributed by atoms with Gasteiger partial charge < -0.3 is 15.4 Å². The van der Waals surface area contributed by atoms with Gasteiger partial charge in [0.25, 0.3) is 11.8 Å². The van der Waals surface area contributed by atoms with E-state index in [0.29, 0.717) is 35.6 Å². The number of para-hydroxylation sites is 2. The summed E-state index contributed by atoms with van der Waals surface area (Å²) < 4.78 is 5.67. The monoisotopic (exact) mass is 427 g/mol. The summed E-state index contributed by atoms with van der Waals surface area (Å²) in [6.45, 7) is 0.470. The van der Waals surface area contributed by atoms with Gasteiger partial charge in [-0.05, 0) is 35.9 Å². The van der Waals surface area contributed by atoms with E-state index < -0.39 is 11.6 Å². The predicted molar refractivity (Wildman–Crippen MR) is 118 cm³/mol. The van der Waals surface area contributed by atoms with Gasteiger partial charge in [-0.15, -0.1) is 0 Å². The van der Waals surface area contributed by atoms with Crippen LogP contribution in [-0.4, -0.2) is 29.4 Å². The first-order valence-electron chi connectivity index (χ1n) is 10.4. The Kier molecular flexibility index (Phi) is 4.86. The topological polar surface area (TPSA) is 87.7 Å². The summed E-state index contributed by atoms with van der Waals surface area (Å²) in [6, 6.07) is 22.9. The number of urea groups is 1. The van der Waals surface area contributed by atoms with E-state index in [4.69, 9.17) is 4.74 Å². The molecule has 2 aliphatic rings. The second-order valence-electron chi connectivity index (χ2n) is 7.84. The maximum atomic E-state index is 13.4. The fraction of sp³-hybridized carbons (Fsp3) is 0.160. The highest BCUT2D eigenvalue weighted by atomic mass is 16.5. The third-order valence-electron chi connectivity index (χ3n) is 5.85. The molecule has 4 amide bonds. The number of nitrogens with one attached hydrogen (secondary N) is 2. The van der Waals surface area contributed by atoms with Crippen LogP contribution in [0.4, 0.5) is 10.5 Å². The van der Waals surface area contributed by atoms with Crippen LogP contribution in [-0.2, 0) is 16.9 Å². The number of carbonyl (C=O) groups excluding carboxylic acids is 3. The normalized spacial score (nSPS) is 19.3. The van der Waals surface area contributed by atoms with E-state index >= 15 is 0 Å². The lowest BCUT2D eigenvalue weighted by molar-refractivity contribution is -0.133. The number of fused-ring (bicyclic) bond motifs is 2. The third kappa shape index (κ3) is 3.37. The highest BCUT2D eigenvalue weighted by molar-refractivity contribution is 6.08. The molecule has 7 heteroatoms. The molecule has 0 aromatic heterocycles. The van der Waals surface area contributed by atoms with Gasteiger partial charge in [-0.25, -0.2) is 4.79 Å². The van der Waals surface area contributed by atoms with Crippen molar-refractivity contribution in [2.75, 3.05) is 11.9 Å². The molecule has 32 heavy (non-hydrogen) atoms. The molecule has 5 rings (SSSR count). The molecule has 2 aliphatic heterocycles. The minimum absolute atomic E-state index is 0.121. The molecule has 2 N–H and O–H groups in total. The number of amides is 4. The fourth-order valence-electron chi connectivity index (χ4n) is 4.18. The van der Waals surface area contributed by atoms with Gasteiger partial charge in [-0.1, -0.05) is 48.5 Å². The predicted octanol–water partition coefficient (Wildman–Crippen LogP) is 3.67. The third-order valence-corrected chi connectivity index (χ3v) is 5.85. The Labute approximate surface area is 185 Å². The SMILES string of the molecule is O=C(Nc1ccccc1)c1ccc(CN2C(=O)N[C@@]3(CCOc4ccccc43)C2=O)cc1. The van der Waals surface area contributed by atoms with E-state index in [1.54, 1.807) is 30.3 Å². The Balaban J connectivity index is 1.32. The van der Waals surface area contributed by atoms with Crippen LogP contribution < -0.4 is 15.4 Å². The second-order valence-corrected chi connectivity index (χ2v) is 7.84. The molecule has 1 spiro atoms. The summed E-state index contributed by atoms with van der Waals surface area (Å²) in [5.74, 6) is 0.0997. The molecule has 160 valence electrons. The Morgan fingerprint density at radius 3 is 2.47 bits per heavy atom. The van der Waals surface area contributed by atoms with Crippen LogP contribution in [0.3, 0.4) is 0 Å². The highest BCUT2D eigenvalue weighted by Crippen LogP contribution is 2.41. The van der Waals surface area contributed by atoms with Crippen LogP contribution in [0.1, 0.15) is 27.9 Å². The van der Waals surface area contributed by atoms with Gasteiger partial charge in [0.2, 0.25) is 0 Å². The average Bonchev–Trinajstić information content (AvgIpc) is 3.05. The van der Waals surface area contributed by atoms with Gasteiger partial charge >= 0.3 is 6.03 Å². The summed E-state index contributed by atoms with van der Waals surface area (Å²) in [6.07, 6.45) is 0.379. The zero-order valence-electron chi connectivity index (χ0n) is 17.2. The van der Waals surface area contributed by atoms with Gasteiger partial charge in [-0.3, -0.25) is 14.5 Å². The lowest BCUT2D eigenvalue weighted by Gasteiger charge is -2.33.